The first kappa shape index (κ1) is 10.9. The van der Waals surface area contributed by atoms with Gasteiger partial charge in [0, 0.05) is 34.9 Å². The molecular formula is C18H12N2O. The third-order valence-corrected chi connectivity index (χ3v) is 4.13. The minimum atomic E-state index is 0.895. The van der Waals surface area contributed by atoms with E-state index in [9.17, 15) is 0 Å². The zero-order chi connectivity index (χ0) is 13.8. The first-order chi connectivity index (χ1) is 10.4. The quantitative estimate of drug-likeness (QED) is 0.491. The van der Waals surface area contributed by atoms with Crippen LogP contribution in [-0.2, 0) is 6.42 Å². The molecular weight excluding hydrogens is 260 g/mol. The predicted molar refractivity (Wildman–Crippen MR) is 83.8 cm³/mol. The molecule has 3 heteroatoms. The SMILES string of the molecule is C1=CCc2cn3c4ccncc4c4cccc(oc2=C1)c43. The van der Waals surface area contributed by atoms with Crippen molar-refractivity contribution in [1.82, 2.24) is 9.38 Å². The molecule has 0 atom stereocenters. The number of pyridine rings is 1. The minimum absolute atomic E-state index is 0.895. The normalized spacial score (nSPS) is 13.7. The monoisotopic (exact) mass is 272 g/mol. The van der Waals surface area contributed by atoms with E-state index in [4.69, 9.17) is 4.42 Å². The van der Waals surface area contributed by atoms with Gasteiger partial charge in [0.2, 0.25) is 0 Å². The Morgan fingerprint density at radius 1 is 1.14 bits per heavy atom. The lowest BCUT2D eigenvalue weighted by Gasteiger charge is -1.98. The van der Waals surface area contributed by atoms with Crippen molar-refractivity contribution in [1.29, 1.82) is 0 Å². The average molecular weight is 272 g/mol. The van der Waals surface area contributed by atoms with Crippen molar-refractivity contribution >= 4 is 33.5 Å². The van der Waals surface area contributed by atoms with Gasteiger partial charge in [-0.2, -0.15) is 0 Å². The van der Waals surface area contributed by atoms with Gasteiger partial charge in [0.15, 0.2) is 5.58 Å². The van der Waals surface area contributed by atoms with Crippen LogP contribution in [0, 0.1) is 0 Å². The van der Waals surface area contributed by atoms with Crippen molar-refractivity contribution in [3.05, 3.63) is 66.0 Å². The van der Waals surface area contributed by atoms with E-state index in [0.717, 1.165) is 28.3 Å². The van der Waals surface area contributed by atoms with Crippen LogP contribution in [0.1, 0.15) is 5.56 Å². The van der Waals surface area contributed by atoms with Gasteiger partial charge in [-0.05, 0) is 24.6 Å². The first-order valence-corrected chi connectivity index (χ1v) is 7.04. The molecule has 3 aromatic heterocycles. The fourth-order valence-electron chi connectivity index (χ4n) is 3.18. The molecule has 0 N–H and O–H groups in total. The van der Waals surface area contributed by atoms with E-state index < -0.39 is 0 Å². The Bertz CT molecular complexity index is 1110. The standard InChI is InChI=1S/C18H12N2O/c1-2-6-16-12(4-1)11-20-15-8-9-19-10-14(15)13-5-3-7-17(21-16)18(13)20/h1-3,5-11H,4H2. The van der Waals surface area contributed by atoms with Gasteiger partial charge in [-0.1, -0.05) is 24.3 Å². The molecule has 0 bridgehead atoms. The van der Waals surface area contributed by atoms with Gasteiger partial charge in [0.05, 0.1) is 11.0 Å². The van der Waals surface area contributed by atoms with Crippen LogP contribution in [0.4, 0.5) is 0 Å². The molecule has 3 nitrogen and oxygen atoms in total. The third-order valence-electron chi connectivity index (χ3n) is 4.13. The lowest BCUT2D eigenvalue weighted by atomic mass is 10.1. The highest BCUT2D eigenvalue weighted by Gasteiger charge is 2.12. The van der Waals surface area contributed by atoms with Crippen molar-refractivity contribution in [3.63, 3.8) is 0 Å². The molecule has 0 fully saturated rings. The maximum atomic E-state index is 6.16. The maximum Gasteiger partial charge on any atom is 0.152 e. The lowest BCUT2D eigenvalue weighted by Crippen LogP contribution is -2.07. The molecule has 1 aliphatic rings. The van der Waals surface area contributed by atoms with Gasteiger partial charge >= 0.3 is 0 Å². The van der Waals surface area contributed by atoms with Crippen LogP contribution in [0.3, 0.4) is 0 Å². The van der Waals surface area contributed by atoms with Gasteiger partial charge in [-0.25, -0.2) is 0 Å². The van der Waals surface area contributed by atoms with E-state index in [2.05, 4.69) is 39.9 Å². The molecule has 0 unspecified atom stereocenters. The Balaban J connectivity index is 2.18. The topological polar surface area (TPSA) is 30.4 Å². The summed E-state index contributed by atoms with van der Waals surface area (Å²) in [4.78, 5) is 4.27. The largest absolute Gasteiger partial charge is 0.455 e. The maximum absolute atomic E-state index is 6.16. The van der Waals surface area contributed by atoms with E-state index in [-0.39, 0.29) is 0 Å². The Kier molecular flexibility index (Phi) is 2.00. The van der Waals surface area contributed by atoms with Gasteiger partial charge in [-0.15, -0.1) is 0 Å². The number of nitrogens with zero attached hydrogens (tertiary/aromatic N) is 2. The highest BCUT2D eigenvalue weighted by molar-refractivity contribution is 6.12. The van der Waals surface area contributed by atoms with E-state index in [1.165, 1.54) is 16.5 Å². The third kappa shape index (κ3) is 1.40. The summed E-state index contributed by atoms with van der Waals surface area (Å²) in [5.41, 5.74) is 5.32. The number of benzene rings is 1. The van der Waals surface area contributed by atoms with E-state index in [1.54, 1.807) is 0 Å². The molecule has 100 valence electrons. The molecule has 1 aliphatic carbocycles. The number of hydrogen-bond acceptors (Lipinski definition) is 2. The van der Waals surface area contributed by atoms with Crippen molar-refractivity contribution in [2.75, 3.05) is 0 Å². The fourth-order valence-corrected chi connectivity index (χ4v) is 3.18. The van der Waals surface area contributed by atoms with Crippen LogP contribution in [0.5, 0.6) is 0 Å². The second-order valence-corrected chi connectivity index (χ2v) is 5.33. The van der Waals surface area contributed by atoms with Crippen LogP contribution < -0.4 is 5.42 Å². The molecule has 21 heavy (non-hydrogen) atoms. The fraction of sp³-hybridized carbons (Fsp3) is 0.0556. The zero-order valence-electron chi connectivity index (χ0n) is 11.3. The Morgan fingerprint density at radius 3 is 3.14 bits per heavy atom. The van der Waals surface area contributed by atoms with Gasteiger partial charge in [0.1, 0.15) is 5.42 Å². The number of para-hydroxylation sites is 1. The number of aromatic nitrogens is 2. The van der Waals surface area contributed by atoms with Crippen LogP contribution in [0.15, 0.2) is 59.4 Å². The molecule has 0 radical (unpaired) electrons. The molecule has 3 heterocycles. The van der Waals surface area contributed by atoms with Crippen molar-refractivity contribution < 1.29 is 4.42 Å². The Hall–Kier alpha value is -2.81. The van der Waals surface area contributed by atoms with Gasteiger partial charge in [0.25, 0.3) is 0 Å². The second-order valence-electron chi connectivity index (χ2n) is 5.33. The summed E-state index contributed by atoms with van der Waals surface area (Å²) >= 11 is 0. The number of rotatable bonds is 0. The predicted octanol–water partition coefficient (Wildman–Crippen LogP) is 3.41. The molecule has 0 amide bonds. The highest BCUT2D eigenvalue weighted by atomic mass is 16.3. The smallest absolute Gasteiger partial charge is 0.152 e. The van der Waals surface area contributed by atoms with Gasteiger partial charge in [-0.3, -0.25) is 4.98 Å². The molecule has 5 rings (SSSR count). The molecule has 0 aliphatic heterocycles. The van der Waals surface area contributed by atoms with Crippen LogP contribution in [0.2, 0.25) is 0 Å². The Labute approximate surface area is 120 Å². The molecule has 0 saturated carbocycles. The second kappa shape index (κ2) is 3.85. The van der Waals surface area contributed by atoms with Crippen molar-refractivity contribution in [2.45, 2.75) is 6.42 Å². The van der Waals surface area contributed by atoms with Crippen LogP contribution in [-0.4, -0.2) is 9.38 Å². The molecule has 0 spiro atoms. The molecule has 4 aromatic rings. The first-order valence-electron chi connectivity index (χ1n) is 7.04. The highest BCUT2D eigenvalue weighted by Crippen LogP contribution is 2.30. The number of fused-ring (bicyclic) bond motifs is 4. The number of allylic oxidation sites excluding steroid dienone is 2. The van der Waals surface area contributed by atoms with Gasteiger partial charge < -0.3 is 8.82 Å². The molecule has 0 saturated heterocycles. The van der Waals surface area contributed by atoms with E-state index in [1.807, 2.05) is 30.6 Å². The van der Waals surface area contributed by atoms with E-state index >= 15 is 0 Å². The summed E-state index contributed by atoms with van der Waals surface area (Å²) in [7, 11) is 0. The van der Waals surface area contributed by atoms with Crippen molar-refractivity contribution in [3.8, 4) is 0 Å². The summed E-state index contributed by atoms with van der Waals surface area (Å²) in [5, 5.41) is 2.34. The average Bonchev–Trinajstić information content (AvgIpc) is 2.74. The van der Waals surface area contributed by atoms with Crippen LogP contribution >= 0.6 is 0 Å². The summed E-state index contributed by atoms with van der Waals surface area (Å²) in [5.74, 6) is 0. The summed E-state index contributed by atoms with van der Waals surface area (Å²) in [6.45, 7) is 0. The van der Waals surface area contributed by atoms with Crippen LogP contribution in [0.25, 0.3) is 33.5 Å². The Morgan fingerprint density at radius 2 is 2.14 bits per heavy atom. The zero-order valence-corrected chi connectivity index (χ0v) is 11.3. The molecule has 1 aromatic carbocycles. The summed E-state index contributed by atoms with van der Waals surface area (Å²) < 4.78 is 8.40. The summed E-state index contributed by atoms with van der Waals surface area (Å²) in [6.07, 6.45) is 13.1. The lowest BCUT2D eigenvalue weighted by molar-refractivity contribution is 0.562. The van der Waals surface area contributed by atoms with E-state index in [0.29, 0.717) is 0 Å². The number of hydrogen-bond donors (Lipinski definition) is 0. The summed E-state index contributed by atoms with van der Waals surface area (Å²) in [6, 6.07) is 8.26. The minimum Gasteiger partial charge on any atom is -0.455 e. The van der Waals surface area contributed by atoms with Crippen molar-refractivity contribution in [2.24, 2.45) is 0 Å².